The molecule has 0 aliphatic heterocycles. The van der Waals surface area contributed by atoms with E-state index >= 15 is 0 Å². The number of rotatable bonds is 5. The minimum absolute atomic E-state index is 0.137. The van der Waals surface area contributed by atoms with Gasteiger partial charge in [0.05, 0.1) is 18.8 Å². The third-order valence-electron chi connectivity index (χ3n) is 1.85. The largest absolute Gasteiger partial charge is 0.465 e. The molecule has 1 heterocycles. The second-order valence-corrected chi connectivity index (χ2v) is 3.16. The third kappa shape index (κ3) is 5.50. The first-order chi connectivity index (χ1) is 8.22. The van der Waals surface area contributed by atoms with Crippen LogP contribution in [0.25, 0.3) is 0 Å². The molecule has 6 heteroatoms. The van der Waals surface area contributed by atoms with E-state index in [1.807, 2.05) is 6.07 Å². The summed E-state index contributed by atoms with van der Waals surface area (Å²) < 4.78 is 4.66. The number of aromatic nitrogens is 1. The molecular weight excluding hydrogens is 222 g/mol. The number of amides is 2. The molecule has 0 aromatic carbocycles. The average molecular weight is 237 g/mol. The normalized spacial score (nSPS) is 9.47. The van der Waals surface area contributed by atoms with Crippen molar-refractivity contribution in [1.29, 1.82) is 0 Å². The van der Waals surface area contributed by atoms with Gasteiger partial charge in [-0.05, 0) is 19.1 Å². The molecular formula is C11H15N3O3. The number of nitrogens with one attached hydrogen (secondary N) is 2. The molecule has 0 spiro atoms. The molecule has 2 amide bonds. The molecule has 1 rings (SSSR count). The van der Waals surface area contributed by atoms with E-state index in [-0.39, 0.29) is 6.54 Å². The molecule has 1 aromatic heterocycles. The maximum atomic E-state index is 11.3. The molecule has 92 valence electrons. The van der Waals surface area contributed by atoms with Gasteiger partial charge in [-0.2, -0.15) is 0 Å². The highest BCUT2D eigenvalue weighted by Gasteiger charge is 2.05. The van der Waals surface area contributed by atoms with Crippen molar-refractivity contribution in [2.75, 3.05) is 13.2 Å². The van der Waals surface area contributed by atoms with Crippen molar-refractivity contribution in [2.24, 2.45) is 0 Å². The van der Waals surface area contributed by atoms with Gasteiger partial charge in [0, 0.05) is 6.20 Å². The Morgan fingerprint density at radius 2 is 2.18 bits per heavy atom. The van der Waals surface area contributed by atoms with Gasteiger partial charge in [0.25, 0.3) is 0 Å². The van der Waals surface area contributed by atoms with E-state index in [9.17, 15) is 9.59 Å². The fourth-order valence-corrected chi connectivity index (χ4v) is 1.10. The van der Waals surface area contributed by atoms with Crippen LogP contribution in [0.4, 0.5) is 4.79 Å². The van der Waals surface area contributed by atoms with Crippen LogP contribution < -0.4 is 10.6 Å². The molecule has 0 unspecified atom stereocenters. The number of ether oxygens (including phenoxy) is 1. The molecule has 0 aliphatic carbocycles. The minimum Gasteiger partial charge on any atom is -0.465 e. The molecule has 2 N–H and O–H groups in total. The predicted octanol–water partition coefficient (Wildman–Crippen LogP) is 0.444. The maximum Gasteiger partial charge on any atom is 0.325 e. The van der Waals surface area contributed by atoms with E-state index in [2.05, 4.69) is 20.4 Å². The summed E-state index contributed by atoms with van der Waals surface area (Å²) in [5.41, 5.74) is 0.749. The fourth-order valence-electron chi connectivity index (χ4n) is 1.10. The SMILES string of the molecule is CCOC(=O)CNC(=O)NCc1ccccn1. The Balaban J connectivity index is 2.20. The highest BCUT2D eigenvalue weighted by Crippen LogP contribution is 1.91. The molecule has 17 heavy (non-hydrogen) atoms. The topological polar surface area (TPSA) is 80.3 Å². The summed E-state index contributed by atoms with van der Waals surface area (Å²) in [5, 5.41) is 4.96. The third-order valence-corrected chi connectivity index (χ3v) is 1.85. The Kier molecular flexibility index (Phi) is 5.50. The summed E-state index contributed by atoms with van der Waals surface area (Å²) >= 11 is 0. The monoisotopic (exact) mass is 237 g/mol. The van der Waals surface area contributed by atoms with Crippen molar-refractivity contribution >= 4 is 12.0 Å². The Bertz CT molecular complexity index is 367. The summed E-state index contributed by atoms with van der Waals surface area (Å²) in [7, 11) is 0. The second kappa shape index (κ2) is 7.21. The van der Waals surface area contributed by atoms with Gasteiger partial charge < -0.3 is 15.4 Å². The molecule has 0 atom stereocenters. The molecule has 0 radical (unpaired) electrons. The van der Waals surface area contributed by atoms with Crippen LogP contribution in [0.15, 0.2) is 24.4 Å². The van der Waals surface area contributed by atoms with Crippen LogP contribution in [0.2, 0.25) is 0 Å². The van der Waals surface area contributed by atoms with Gasteiger partial charge in [-0.1, -0.05) is 6.07 Å². The highest BCUT2D eigenvalue weighted by atomic mass is 16.5. The zero-order valence-corrected chi connectivity index (χ0v) is 9.60. The van der Waals surface area contributed by atoms with Gasteiger partial charge in [-0.15, -0.1) is 0 Å². The van der Waals surface area contributed by atoms with Crippen molar-refractivity contribution in [3.63, 3.8) is 0 Å². The van der Waals surface area contributed by atoms with Crippen molar-refractivity contribution in [2.45, 2.75) is 13.5 Å². The molecule has 0 bridgehead atoms. The number of pyridine rings is 1. The van der Waals surface area contributed by atoms with Crippen molar-refractivity contribution in [3.8, 4) is 0 Å². The first kappa shape index (κ1) is 13.0. The molecule has 1 aromatic rings. The molecule has 0 saturated heterocycles. The number of esters is 1. The van der Waals surface area contributed by atoms with E-state index < -0.39 is 12.0 Å². The van der Waals surface area contributed by atoms with Crippen LogP contribution in [-0.2, 0) is 16.1 Å². The van der Waals surface area contributed by atoms with Gasteiger partial charge in [0.2, 0.25) is 0 Å². The standard InChI is InChI=1S/C11H15N3O3/c1-2-17-10(15)8-14-11(16)13-7-9-5-3-4-6-12-9/h3-6H,2,7-8H2,1H3,(H2,13,14,16). The summed E-state index contributed by atoms with van der Waals surface area (Å²) in [5.74, 6) is -0.458. The number of carbonyl (C=O) groups excluding carboxylic acids is 2. The summed E-state index contributed by atoms with van der Waals surface area (Å²) in [4.78, 5) is 26.3. The van der Waals surface area contributed by atoms with Crippen molar-refractivity contribution in [3.05, 3.63) is 30.1 Å². The predicted molar refractivity (Wildman–Crippen MR) is 61.1 cm³/mol. The lowest BCUT2D eigenvalue weighted by Gasteiger charge is -2.06. The number of carbonyl (C=O) groups is 2. The highest BCUT2D eigenvalue weighted by molar-refractivity contribution is 5.80. The Labute approximate surface area is 99.4 Å². The number of nitrogens with zero attached hydrogens (tertiary/aromatic N) is 1. The lowest BCUT2D eigenvalue weighted by atomic mass is 10.3. The Morgan fingerprint density at radius 1 is 1.35 bits per heavy atom. The smallest absolute Gasteiger partial charge is 0.325 e. The van der Waals surface area contributed by atoms with E-state index in [1.165, 1.54) is 0 Å². The minimum atomic E-state index is -0.458. The maximum absolute atomic E-state index is 11.3. The van der Waals surface area contributed by atoms with E-state index in [0.717, 1.165) is 5.69 Å². The number of urea groups is 1. The van der Waals surface area contributed by atoms with Crippen LogP contribution in [0.5, 0.6) is 0 Å². The van der Waals surface area contributed by atoms with Crippen molar-refractivity contribution in [1.82, 2.24) is 15.6 Å². The van der Waals surface area contributed by atoms with Gasteiger partial charge in [0.15, 0.2) is 0 Å². The number of hydrogen-bond donors (Lipinski definition) is 2. The van der Waals surface area contributed by atoms with E-state index in [4.69, 9.17) is 0 Å². The molecule has 0 saturated carbocycles. The first-order valence-corrected chi connectivity index (χ1v) is 5.29. The summed E-state index contributed by atoms with van der Waals surface area (Å²) in [6.07, 6.45) is 1.65. The van der Waals surface area contributed by atoms with E-state index in [0.29, 0.717) is 13.2 Å². The Morgan fingerprint density at radius 3 is 2.82 bits per heavy atom. The van der Waals surface area contributed by atoms with Crippen LogP contribution in [0, 0.1) is 0 Å². The van der Waals surface area contributed by atoms with Gasteiger partial charge in [-0.25, -0.2) is 4.79 Å². The van der Waals surface area contributed by atoms with Crippen LogP contribution in [0.3, 0.4) is 0 Å². The Hall–Kier alpha value is -2.11. The van der Waals surface area contributed by atoms with E-state index in [1.54, 1.807) is 25.3 Å². The fraction of sp³-hybridized carbons (Fsp3) is 0.364. The van der Waals surface area contributed by atoms with Gasteiger partial charge in [0.1, 0.15) is 6.54 Å². The van der Waals surface area contributed by atoms with Crippen LogP contribution >= 0.6 is 0 Å². The zero-order chi connectivity index (χ0) is 12.5. The first-order valence-electron chi connectivity index (χ1n) is 5.29. The van der Waals surface area contributed by atoms with Gasteiger partial charge >= 0.3 is 12.0 Å². The zero-order valence-electron chi connectivity index (χ0n) is 9.60. The summed E-state index contributed by atoms with van der Waals surface area (Å²) in [6, 6.07) is 5.00. The lowest BCUT2D eigenvalue weighted by Crippen LogP contribution is -2.38. The molecule has 6 nitrogen and oxygen atoms in total. The summed E-state index contributed by atoms with van der Waals surface area (Å²) in [6.45, 7) is 2.19. The van der Waals surface area contributed by atoms with Crippen molar-refractivity contribution < 1.29 is 14.3 Å². The van der Waals surface area contributed by atoms with Crippen LogP contribution in [-0.4, -0.2) is 30.1 Å². The number of hydrogen-bond acceptors (Lipinski definition) is 4. The second-order valence-electron chi connectivity index (χ2n) is 3.16. The molecule has 0 aliphatic rings. The van der Waals surface area contributed by atoms with Crippen LogP contribution in [0.1, 0.15) is 12.6 Å². The average Bonchev–Trinajstić information content (AvgIpc) is 2.35. The quantitative estimate of drug-likeness (QED) is 0.728. The molecule has 0 fully saturated rings. The lowest BCUT2D eigenvalue weighted by molar-refractivity contribution is -0.141. The van der Waals surface area contributed by atoms with Gasteiger partial charge in [-0.3, -0.25) is 9.78 Å².